The van der Waals surface area contributed by atoms with E-state index in [9.17, 15) is 14.7 Å². The molecule has 1 amide bonds. The zero-order valence-corrected chi connectivity index (χ0v) is 15.5. The highest BCUT2D eigenvalue weighted by molar-refractivity contribution is 5.78. The zero-order valence-electron chi connectivity index (χ0n) is 15.5. The number of nitrogens with zero attached hydrogens (tertiary/aromatic N) is 1. The van der Waals surface area contributed by atoms with Gasteiger partial charge in [0.05, 0.1) is 18.7 Å². The van der Waals surface area contributed by atoms with Gasteiger partial charge in [-0.25, -0.2) is 0 Å². The Bertz CT molecular complexity index is 702. The van der Waals surface area contributed by atoms with Crippen molar-refractivity contribution in [1.29, 1.82) is 0 Å². The van der Waals surface area contributed by atoms with Crippen LogP contribution in [0.2, 0.25) is 0 Å². The number of aliphatic carboxylic acids is 1. The fourth-order valence-corrected chi connectivity index (χ4v) is 3.09. The van der Waals surface area contributed by atoms with E-state index >= 15 is 0 Å². The van der Waals surface area contributed by atoms with Crippen LogP contribution in [-0.2, 0) is 16.0 Å². The summed E-state index contributed by atoms with van der Waals surface area (Å²) in [6, 6.07) is 9.75. The van der Waals surface area contributed by atoms with Crippen molar-refractivity contribution >= 4 is 11.9 Å². The smallest absolute Gasteiger partial charge is 0.303 e. The molecule has 27 heavy (non-hydrogen) atoms. The van der Waals surface area contributed by atoms with E-state index in [0.29, 0.717) is 32.2 Å². The van der Waals surface area contributed by atoms with Crippen molar-refractivity contribution in [2.75, 3.05) is 6.54 Å². The van der Waals surface area contributed by atoms with E-state index in [-0.39, 0.29) is 18.4 Å². The summed E-state index contributed by atoms with van der Waals surface area (Å²) in [6.07, 6.45) is 7.01. The second kappa shape index (κ2) is 11.2. The van der Waals surface area contributed by atoms with Crippen LogP contribution in [0, 0.1) is 11.8 Å². The summed E-state index contributed by atoms with van der Waals surface area (Å²) in [6.45, 7) is 0.343. The lowest BCUT2D eigenvalue weighted by molar-refractivity contribution is -0.137. The Morgan fingerprint density at radius 2 is 2.07 bits per heavy atom. The van der Waals surface area contributed by atoms with Crippen LogP contribution in [0.3, 0.4) is 0 Å². The minimum absolute atomic E-state index is 0.0509. The van der Waals surface area contributed by atoms with Gasteiger partial charge in [0, 0.05) is 25.7 Å². The van der Waals surface area contributed by atoms with Crippen molar-refractivity contribution in [3.8, 4) is 11.8 Å². The molecule has 2 atom stereocenters. The molecule has 1 aromatic rings. The van der Waals surface area contributed by atoms with E-state index < -0.39 is 12.1 Å². The van der Waals surface area contributed by atoms with Crippen LogP contribution in [0.5, 0.6) is 0 Å². The molecule has 2 N–H and O–H groups in total. The summed E-state index contributed by atoms with van der Waals surface area (Å²) >= 11 is 0. The number of piperidine rings is 1. The number of carboxylic acids is 1. The Kier molecular flexibility index (Phi) is 8.60. The minimum Gasteiger partial charge on any atom is -0.481 e. The predicted octanol–water partition coefficient (Wildman–Crippen LogP) is 2.79. The van der Waals surface area contributed by atoms with Crippen LogP contribution >= 0.6 is 0 Å². The maximum atomic E-state index is 12.2. The molecule has 1 saturated heterocycles. The Labute approximate surface area is 160 Å². The van der Waals surface area contributed by atoms with Gasteiger partial charge in [-0.1, -0.05) is 48.4 Å². The molecule has 0 radical (unpaired) electrons. The average molecular weight is 369 g/mol. The van der Waals surface area contributed by atoms with Crippen LogP contribution < -0.4 is 0 Å². The van der Waals surface area contributed by atoms with Gasteiger partial charge in [0.25, 0.3) is 0 Å². The van der Waals surface area contributed by atoms with Gasteiger partial charge in [0.2, 0.25) is 5.91 Å². The van der Waals surface area contributed by atoms with Crippen LogP contribution in [0.1, 0.15) is 44.1 Å². The standard InChI is InChI=1S/C22H27NO4/c24-20(17-18-9-4-3-5-10-18)15-14-19-11-8-12-21(25)23(19)16-7-2-1-6-13-22(26)27/h3-5,9-10,14-15,19-20,24H,1,6,8,11-13,16-17H2,(H,26,27)/b15-14+/t19-,20?/m1/s1. The molecule has 0 aliphatic carbocycles. The topological polar surface area (TPSA) is 77.8 Å². The first kappa shape index (κ1) is 20.7. The van der Waals surface area contributed by atoms with Gasteiger partial charge in [-0.2, -0.15) is 0 Å². The summed E-state index contributed by atoms with van der Waals surface area (Å²) in [5.41, 5.74) is 1.07. The molecule has 1 aliphatic heterocycles. The number of hydrogen-bond acceptors (Lipinski definition) is 3. The SMILES string of the molecule is O=C(O)CCCC#CCN1C(=O)CCC[C@@H]1/C=C/C(O)Cc1ccccc1. The van der Waals surface area contributed by atoms with Gasteiger partial charge < -0.3 is 15.1 Å². The van der Waals surface area contributed by atoms with Crippen molar-refractivity contribution in [2.45, 2.75) is 57.1 Å². The highest BCUT2D eigenvalue weighted by atomic mass is 16.4. The maximum Gasteiger partial charge on any atom is 0.303 e. The number of unbranched alkanes of at least 4 members (excludes halogenated alkanes) is 1. The van der Waals surface area contributed by atoms with Crippen molar-refractivity contribution in [3.05, 3.63) is 48.0 Å². The normalized spacial score (nSPS) is 18.2. The molecule has 1 aromatic carbocycles. The first-order chi connectivity index (χ1) is 13.1. The highest BCUT2D eigenvalue weighted by Gasteiger charge is 2.25. The molecule has 1 fully saturated rings. The van der Waals surface area contributed by atoms with Crippen molar-refractivity contribution < 1.29 is 19.8 Å². The minimum atomic E-state index is -0.817. The molecule has 0 saturated carbocycles. The molecule has 0 bridgehead atoms. The van der Waals surface area contributed by atoms with Gasteiger partial charge in [0.1, 0.15) is 0 Å². The maximum absolute atomic E-state index is 12.2. The fraction of sp³-hybridized carbons (Fsp3) is 0.455. The van der Waals surface area contributed by atoms with E-state index in [4.69, 9.17) is 5.11 Å². The molecular weight excluding hydrogens is 342 g/mol. The van der Waals surface area contributed by atoms with E-state index in [1.165, 1.54) is 0 Å². The first-order valence-electron chi connectivity index (χ1n) is 9.43. The number of benzene rings is 1. The third-order valence-electron chi connectivity index (χ3n) is 4.52. The largest absolute Gasteiger partial charge is 0.481 e. The summed E-state index contributed by atoms with van der Waals surface area (Å²) in [7, 11) is 0. The Hall–Kier alpha value is -2.58. The van der Waals surface area contributed by atoms with Gasteiger partial charge in [-0.05, 0) is 24.8 Å². The lowest BCUT2D eigenvalue weighted by atomic mass is 9.99. The second-order valence-electron chi connectivity index (χ2n) is 6.72. The average Bonchev–Trinajstić information content (AvgIpc) is 2.65. The number of hydrogen-bond donors (Lipinski definition) is 2. The molecule has 5 nitrogen and oxygen atoms in total. The van der Waals surface area contributed by atoms with E-state index in [0.717, 1.165) is 18.4 Å². The van der Waals surface area contributed by atoms with Crippen molar-refractivity contribution in [1.82, 2.24) is 4.90 Å². The van der Waals surface area contributed by atoms with Crippen LogP contribution in [-0.4, -0.2) is 45.7 Å². The summed E-state index contributed by atoms with van der Waals surface area (Å²) in [5.74, 6) is 5.19. The highest BCUT2D eigenvalue weighted by Crippen LogP contribution is 2.19. The molecule has 0 spiro atoms. The molecule has 0 aromatic heterocycles. The summed E-state index contributed by atoms with van der Waals surface area (Å²) in [4.78, 5) is 24.5. The number of carbonyl (C=O) groups excluding carboxylic acids is 1. The summed E-state index contributed by atoms with van der Waals surface area (Å²) < 4.78 is 0. The molecule has 2 rings (SSSR count). The van der Waals surface area contributed by atoms with Crippen molar-refractivity contribution in [2.24, 2.45) is 0 Å². The molecule has 5 heteroatoms. The zero-order chi connectivity index (χ0) is 19.5. The predicted molar refractivity (Wildman–Crippen MR) is 104 cm³/mol. The molecule has 1 heterocycles. The van der Waals surface area contributed by atoms with Crippen LogP contribution in [0.4, 0.5) is 0 Å². The lowest BCUT2D eigenvalue weighted by Gasteiger charge is -2.32. The third kappa shape index (κ3) is 7.67. The quantitative estimate of drug-likeness (QED) is 0.420. The molecule has 1 unspecified atom stereocenters. The van der Waals surface area contributed by atoms with Gasteiger partial charge in [-0.3, -0.25) is 9.59 Å². The number of aliphatic hydroxyl groups is 1. The number of carboxylic acid groups (broad SMARTS) is 1. The Morgan fingerprint density at radius 3 is 2.81 bits per heavy atom. The van der Waals surface area contributed by atoms with E-state index in [1.807, 2.05) is 36.4 Å². The molecule has 1 aliphatic rings. The number of amides is 1. The monoisotopic (exact) mass is 369 g/mol. The second-order valence-corrected chi connectivity index (χ2v) is 6.72. The number of carbonyl (C=O) groups is 2. The molecule has 144 valence electrons. The third-order valence-corrected chi connectivity index (χ3v) is 4.52. The lowest BCUT2D eigenvalue weighted by Crippen LogP contribution is -2.42. The van der Waals surface area contributed by atoms with Gasteiger partial charge in [-0.15, -0.1) is 5.92 Å². The first-order valence-corrected chi connectivity index (χ1v) is 9.43. The van der Waals surface area contributed by atoms with Crippen LogP contribution in [0.25, 0.3) is 0 Å². The molecular formula is C22H27NO4. The van der Waals surface area contributed by atoms with E-state index in [2.05, 4.69) is 11.8 Å². The Morgan fingerprint density at radius 1 is 1.30 bits per heavy atom. The van der Waals surface area contributed by atoms with E-state index in [1.54, 1.807) is 11.0 Å². The number of aliphatic hydroxyl groups excluding tert-OH is 1. The van der Waals surface area contributed by atoms with Gasteiger partial charge >= 0.3 is 5.97 Å². The fourth-order valence-electron chi connectivity index (χ4n) is 3.09. The Balaban J connectivity index is 1.87. The number of likely N-dealkylation sites (tertiary alicyclic amines) is 1. The van der Waals surface area contributed by atoms with Crippen molar-refractivity contribution in [3.63, 3.8) is 0 Å². The summed E-state index contributed by atoms with van der Waals surface area (Å²) in [5, 5.41) is 18.8. The van der Waals surface area contributed by atoms with Crippen LogP contribution in [0.15, 0.2) is 42.5 Å². The van der Waals surface area contributed by atoms with Gasteiger partial charge in [0.15, 0.2) is 0 Å². The number of rotatable bonds is 8.